The number of aromatic nitrogens is 2. The number of hydrogen-bond acceptors (Lipinski definition) is 4. The molecule has 0 unspecified atom stereocenters. The first-order valence-corrected chi connectivity index (χ1v) is 6.97. The van der Waals surface area contributed by atoms with Crippen molar-refractivity contribution in [2.24, 2.45) is 0 Å². The molecule has 1 saturated carbocycles. The Labute approximate surface area is 119 Å². The van der Waals surface area contributed by atoms with Crippen LogP contribution in [0.3, 0.4) is 0 Å². The quantitative estimate of drug-likeness (QED) is 0.854. The highest BCUT2D eigenvalue weighted by atomic mass is 16.5. The second-order valence-corrected chi connectivity index (χ2v) is 5.98. The van der Waals surface area contributed by atoms with Gasteiger partial charge < -0.3 is 9.26 Å². The van der Waals surface area contributed by atoms with Gasteiger partial charge in [0, 0.05) is 13.0 Å². The lowest BCUT2D eigenvalue weighted by molar-refractivity contribution is 0.00973. The van der Waals surface area contributed by atoms with Gasteiger partial charge in [-0.05, 0) is 44.2 Å². The molecule has 0 bridgehead atoms. The molecule has 20 heavy (non-hydrogen) atoms. The summed E-state index contributed by atoms with van der Waals surface area (Å²) in [4.78, 5) is 4.52. The van der Waals surface area contributed by atoms with Crippen LogP contribution < -0.4 is 0 Å². The van der Waals surface area contributed by atoms with Crippen molar-refractivity contribution in [1.29, 1.82) is 0 Å². The standard InChI is InChI=1S/C16H20N2O2/c1-10-7-5-6-8-11(10)12-9-13(12)14-17-15(18-20-14)16(2,3)19-4/h5-8,12-13H,9H2,1-4H3/t12-,13+/m1/s1. The van der Waals surface area contributed by atoms with Crippen molar-refractivity contribution in [3.05, 3.63) is 47.1 Å². The zero-order chi connectivity index (χ0) is 14.3. The summed E-state index contributed by atoms with van der Waals surface area (Å²) in [6.07, 6.45) is 1.08. The molecule has 1 aliphatic rings. The number of nitrogens with zero attached hydrogens (tertiary/aromatic N) is 2. The summed E-state index contributed by atoms with van der Waals surface area (Å²) in [6.45, 7) is 6.03. The first-order chi connectivity index (χ1) is 9.53. The van der Waals surface area contributed by atoms with Gasteiger partial charge in [0.25, 0.3) is 0 Å². The van der Waals surface area contributed by atoms with Gasteiger partial charge in [-0.25, -0.2) is 0 Å². The van der Waals surface area contributed by atoms with Crippen molar-refractivity contribution in [3.8, 4) is 0 Å². The molecule has 0 aliphatic heterocycles. The second kappa shape index (κ2) is 4.70. The fourth-order valence-electron chi connectivity index (χ4n) is 2.54. The van der Waals surface area contributed by atoms with Crippen LogP contribution in [0.4, 0.5) is 0 Å². The number of methoxy groups -OCH3 is 1. The van der Waals surface area contributed by atoms with E-state index in [0.717, 1.165) is 12.3 Å². The highest BCUT2D eigenvalue weighted by Gasteiger charge is 2.45. The fraction of sp³-hybridized carbons (Fsp3) is 0.500. The van der Waals surface area contributed by atoms with Gasteiger partial charge in [-0.15, -0.1) is 0 Å². The van der Waals surface area contributed by atoms with Crippen LogP contribution in [0.15, 0.2) is 28.8 Å². The Balaban J connectivity index is 1.79. The molecule has 1 aliphatic carbocycles. The molecule has 1 aromatic heterocycles. The molecule has 0 radical (unpaired) electrons. The third-order valence-corrected chi connectivity index (χ3v) is 4.19. The lowest BCUT2D eigenvalue weighted by Gasteiger charge is -2.17. The summed E-state index contributed by atoms with van der Waals surface area (Å²) >= 11 is 0. The van der Waals surface area contributed by atoms with E-state index < -0.39 is 5.60 Å². The highest BCUT2D eigenvalue weighted by molar-refractivity contribution is 5.36. The minimum Gasteiger partial charge on any atom is -0.371 e. The van der Waals surface area contributed by atoms with Gasteiger partial charge >= 0.3 is 0 Å². The Morgan fingerprint density at radius 2 is 2.00 bits per heavy atom. The van der Waals surface area contributed by atoms with E-state index in [2.05, 4.69) is 41.3 Å². The smallest absolute Gasteiger partial charge is 0.230 e. The normalized spacial score (nSPS) is 22.0. The number of hydrogen-bond donors (Lipinski definition) is 0. The largest absolute Gasteiger partial charge is 0.371 e. The first-order valence-electron chi connectivity index (χ1n) is 6.97. The van der Waals surface area contributed by atoms with E-state index in [-0.39, 0.29) is 0 Å². The van der Waals surface area contributed by atoms with Crippen LogP contribution in [-0.4, -0.2) is 17.3 Å². The van der Waals surface area contributed by atoms with Crippen molar-refractivity contribution in [1.82, 2.24) is 10.1 Å². The molecule has 2 atom stereocenters. The van der Waals surface area contributed by atoms with Gasteiger partial charge in [-0.2, -0.15) is 4.98 Å². The molecule has 1 heterocycles. The predicted molar refractivity (Wildman–Crippen MR) is 75.6 cm³/mol. The van der Waals surface area contributed by atoms with Gasteiger partial charge in [0.2, 0.25) is 11.7 Å². The Hall–Kier alpha value is -1.68. The van der Waals surface area contributed by atoms with Crippen molar-refractivity contribution >= 4 is 0 Å². The lowest BCUT2D eigenvalue weighted by Crippen LogP contribution is -2.21. The molecule has 2 aromatic rings. The molecule has 0 spiro atoms. The van der Waals surface area contributed by atoms with Crippen molar-refractivity contribution in [3.63, 3.8) is 0 Å². The summed E-state index contributed by atoms with van der Waals surface area (Å²) in [7, 11) is 1.66. The van der Waals surface area contributed by atoms with Gasteiger partial charge in [-0.3, -0.25) is 0 Å². The SMILES string of the molecule is COC(C)(C)c1noc([C@H]2C[C@@H]2c2ccccc2C)n1. The lowest BCUT2D eigenvalue weighted by atomic mass is 10.0. The predicted octanol–water partition coefficient (Wildman–Crippen LogP) is 3.53. The zero-order valence-corrected chi connectivity index (χ0v) is 12.4. The third kappa shape index (κ3) is 2.24. The minimum atomic E-state index is -0.505. The van der Waals surface area contributed by atoms with Gasteiger partial charge in [0.15, 0.2) is 0 Å². The molecule has 4 nitrogen and oxygen atoms in total. The van der Waals surface area contributed by atoms with E-state index in [4.69, 9.17) is 9.26 Å². The average Bonchev–Trinajstić information content (AvgIpc) is 3.06. The summed E-state index contributed by atoms with van der Waals surface area (Å²) in [6, 6.07) is 8.50. The first kappa shape index (κ1) is 13.3. The van der Waals surface area contributed by atoms with Crippen molar-refractivity contribution in [2.45, 2.75) is 44.6 Å². The number of aryl methyl sites for hydroxylation is 1. The van der Waals surface area contributed by atoms with Crippen molar-refractivity contribution < 1.29 is 9.26 Å². The number of rotatable bonds is 4. The zero-order valence-electron chi connectivity index (χ0n) is 12.4. The molecule has 106 valence electrons. The van der Waals surface area contributed by atoms with E-state index in [9.17, 15) is 0 Å². The summed E-state index contributed by atoms with van der Waals surface area (Å²) in [5, 5.41) is 4.06. The van der Waals surface area contributed by atoms with Gasteiger partial charge in [0.1, 0.15) is 5.60 Å². The average molecular weight is 272 g/mol. The minimum absolute atomic E-state index is 0.352. The summed E-state index contributed by atoms with van der Waals surface area (Å²) in [5.74, 6) is 2.21. The maximum atomic E-state index is 5.43. The fourth-order valence-corrected chi connectivity index (χ4v) is 2.54. The monoisotopic (exact) mass is 272 g/mol. The Kier molecular flexibility index (Phi) is 3.13. The highest BCUT2D eigenvalue weighted by Crippen LogP contribution is 2.54. The molecule has 1 aromatic carbocycles. The molecule has 0 saturated heterocycles. The molecule has 3 rings (SSSR count). The van der Waals surface area contributed by atoms with Crippen LogP contribution in [0.25, 0.3) is 0 Å². The molecule has 0 amide bonds. The number of ether oxygens (including phenoxy) is 1. The molecular formula is C16H20N2O2. The third-order valence-electron chi connectivity index (χ3n) is 4.19. The van der Waals surface area contributed by atoms with E-state index in [1.807, 2.05) is 13.8 Å². The van der Waals surface area contributed by atoms with Crippen LogP contribution in [0, 0.1) is 6.92 Å². The van der Waals surface area contributed by atoms with E-state index in [0.29, 0.717) is 17.7 Å². The van der Waals surface area contributed by atoms with Crippen LogP contribution in [0.5, 0.6) is 0 Å². The van der Waals surface area contributed by atoms with Crippen LogP contribution in [0.1, 0.15) is 54.9 Å². The van der Waals surface area contributed by atoms with E-state index in [1.54, 1.807) is 7.11 Å². The molecule has 0 N–H and O–H groups in total. The topological polar surface area (TPSA) is 48.2 Å². The van der Waals surface area contributed by atoms with Crippen LogP contribution in [0.2, 0.25) is 0 Å². The summed E-state index contributed by atoms with van der Waals surface area (Å²) < 4.78 is 10.8. The van der Waals surface area contributed by atoms with Gasteiger partial charge in [-0.1, -0.05) is 29.4 Å². The number of benzene rings is 1. The summed E-state index contributed by atoms with van der Waals surface area (Å²) in [5.41, 5.74) is 2.22. The second-order valence-electron chi connectivity index (χ2n) is 5.98. The van der Waals surface area contributed by atoms with E-state index >= 15 is 0 Å². The van der Waals surface area contributed by atoms with Gasteiger partial charge in [0.05, 0.1) is 0 Å². The maximum Gasteiger partial charge on any atom is 0.230 e. The Morgan fingerprint density at radius 3 is 2.70 bits per heavy atom. The van der Waals surface area contributed by atoms with Crippen LogP contribution >= 0.6 is 0 Å². The molecular weight excluding hydrogens is 252 g/mol. The maximum absolute atomic E-state index is 5.43. The molecule has 4 heteroatoms. The Morgan fingerprint density at radius 1 is 1.25 bits per heavy atom. The molecule has 1 fully saturated rings. The van der Waals surface area contributed by atoms with Crippen molar-refractivity contribution in [2.75, 3.05) is 7.11 Å². The Bertz CT molecular complexity index is 618. The van der Waals surface area contributed by atoms with E-state index in [1.165, 1.54) is 11.1 Å². The van der Waals surface area contributed by atoms with Crippen LogP contribution in [-0.2, 0) is 10.3 Å².